The van der Waals surface area contributed by atoms with E-state index in [-0.39, 0.29) is 5.69 Å². The van der Waals surface area contributed by atoms with Crippen LogP contribution in [0.4, 0.5) is 18.9 Å². The minimum Gasteiger partial charge on any atom is -0.507 e. The van der Waals surface area contributed by atoms with Crippen LogP contribution in [0.5, 0.6) is 5.75 Å². The van der Waals surface area contributed by atoms with Crippen LogP contribution in [0.25, 0.3) is 0 Å². The minimum atomic E-state index is -5.06. The van der Waals surface area contributed by atoms with Gasteiger partial charge in [0.05, 0.1) is 11.8 Å². The fourth-order valence-electron chi connectivity index (χ4n) is 2.67. The summed E-state index contributed by atoms with van der Waals surface area (Å²) >= 11 is 0. The van der Waals surface area contributed by atoms with E-state index in [4.69, 9.17) is 5.11 Å². The molecule has 1 unspecified atom stereocenters. The molecule has 1 aromatic carbocycles. The van der Waals surface area contributed by atoms with E-state index in [1.54, 1.807) is 0 Å². The van der Waals surface area contributed by atoms with Crippen LogP contribution in [-0.4, -0.2) is 60.9 Å². The highest BCUT2D eigenvalue weighted by Gasteiger charge is 2.64. The second-order valence-electron chi connectivity index (χ2n) is 5.97. The maximum absolute atomic E-state index is 13.2. The number of halogens is 3. The first kappa shape index (κ1) is 19.8. The molecule has 1 aliphatic rings. The first-order chi connectivity index (χ1) is 11.8. The molecule has 2 rings (SSSR count). The number of nitrogens with zero attached hydrogens (tertiary/aromatic N) is 1. The third-order valence-electron chi connectivity index (χ3n) is 4.04. The Morgan fingerprint density at radius 3 is 2.38 bits per heavy atom. The average Bonchev–Trinajstić information content (AvgIpc) is 2.93. The first-order valence-corrected chi connectivity index (χ1v) is 9.06. The Labute approximate surface area is 146 Å². The molecule has 1 fully saturated rings. The Bertz CT molecular complexity index is 855. The summed E-state index contributed by atoms with van der Waals surface area (Å²) in [7, 11) is -3.68. The Kier molecular flexibility index (Phi) is 4.83. The number of carbonyl (C=O) groups is 2. The molecule has 1 aliphatic heterocycles. The van der Waals surface area contributed by atoms with Crippen molar-refractivity contribution >= 4 is 27.6 Å². The second kappa shape index (κ2) is 6.34. The van der Waals surface area contributed by atoms with Gasteiger partial charge < -0.3 is 15.1 Å². The Balaban J connectivity index is 2.33. The predicted octanol–water partition coefficient (Wildman–Crippen LogP) is 1.24. The van der Waals surface area contributed by atoms with Crippen molar-refractivity contribution in [3.05, 3.63) is 23.8 Å². The molecule has 26 heavy (non-hydrogen) atoms. The fraction of sp³-hybridized carbons (Fsp3) is 0.429. The van der Waals surface area contributed by atoms with Crippen molar-refractivity contribution < 1.29 is 41.4 Å². The van der Waals surface area contributed by atoms with E-state index in [9.17, 15) is 36.3 Å². The van der Waals surface area contributed by atoms with Gasteiger partial charge in [0.25, 0.3) is 5.91 Å². The number of nitrogens with one attached hydrogen (secondary N) is 1. The van der Waals surface area contributed by atoms with Crippen LogP contribution in [-0.2, 0) is 14.8 Å². The summed E-state index contributed by atoms with van der Waals surface area (Å²) in [5.41, 5.74) is -3.60. The number of carbonyl (C=O) groups excluding carboxylic acids is 1. The molecule has 0 aromatic heterocycles. The molecule has 1 saturated heterocycles. The van der Waals surface area contributed by atoms with Crippen molar-refractivity contribution in [2.45, 2.75) is 12.6 Å². The fourth-order valence-corrected chi connectivity index (χ4v) is 3.22. The third-order valence-corrected chi connectivity index (χ3v) is 4.65. The van der Waals surface area contributed by atoms with E-state index in [0.717, 1.165) is 24.5 Å². The van der Waals surface area contributed by atoms with Gasteiger partial charge >= 0.3 is 12.1 Å². The lowest BCUT2D eigenvalue weighted by atomic mass is 9.86. The number of phenols is 1. The van der Waals surface area contributed by atoms with Gasteiger partial charge in [-0.25, -0.2) is 8.42 Å². The Hall–Kier alpha value is -2.50. The van der Waals surface area contributed by atoms with E-state index in [2.05, 4.69) is 4.72 Å². The van der Waals surface area contributed by atoms with E-state index < -0.39 is 64.3 Å². The molecule has 0 saturated carbocycles. The van der Waals surface area contributed by atoms with Crippen molar-refractivity contribution in [1.82, 2.24) is 4.90 Å². The molecule has 0 bridgehead atoms. The lowest BCUT2D eigenvalue weighted by molar-refractivity contribution is -0.227. The number of sulfonamides is 1. The predicted molar refractivity (Wildman–Crippen MR) is 83.2 cm³/mol. The lowest BCUT2D eigenvalue weighted by Gasteiger charge is -2.27. The molecule has 0 aliphatic carbocycles. The summed E-state index contributed by atoms with van der Waals surface area (Å²) in [4.78, 5) is 24.3. The highest BCUT2D eigenvalue weighted by molar-refractivity contribution is 7.92. The molecular formula is C14H15F3N2O6S. The van der Waals surface area contributed by atoms with Gasteiger partial charge in [-0.1, -0.05) is 0 Å². The minimum absolute atomic E-state index is 0.0758. The number of likely N-dealkylation sites (tertiary alicyclic amines) is 1. The maximum Gasteiger partial charge on any atom is 0.406 e. The number of aliphatic carboxylic acids is 1. The zero-order valence-corrected chi connectivity index (χ0v) is 14.2. The number of hydrogen-bond acceptors (Lipinski definition) is 5. The van der Waals surface area contributed by atoms with Crippen LogP contribution in [0.2, 0.25) is 0 Å². The highest BCUT2D eigenvalue weighted by Crippen LogP contribution is 2.46. The number of carboxylic acids is 1. The molecule has 0 radical (unpaired) electrons. The number of aromatic hydroxyl groups is 1. The molecule has 3 N–H and O–H groups in total. The Morgan fingerprint density at radius 2 is 1.92 bits per heavy atom. The first-order valence-electron chi connectivity index (χ1n) is 7.17. The summed E-state index contributed by atoms with van der Waals surface area (Å²) in [5.74, 6) is -3.70. The van der Waals surface area contributed by atoms with Gasteiger partial charge in [0, 0.05) is 18.8 Å². The number of phenolic OH excluding ortho intramolecular Hbond substituents is 1. The maximum atomic E-state index is 13.2. The molecular weight excluding hydrogens is 381 g/mol. The van der Waals surface area contributed by atoms with Crippen LogP contribution in [0.3, 0.4) is 0 Å². The molecule has 1 atom stereocenters. The topological polar surface area (TPSA) is 124 Å². The zero-order chi connectivity index (χ0) is 19.9. The largest absolute Gasteiger partial charge is 0.507 e. The lowest BCUT2D eigenvalue weighted by Crippen LogP contribution is -2.47. The van der Waals surface area contributed by atoms with Gasteiger partial charge in [-0.3, -0.25) is 14.3 Å². The van der Waals surface area contributed by atoms with Gasteiger partial charge in [0.2, 0.25) is 10.0 Å². The SMILES string of the molecule is CS(=O)(=O)Nc1ccc(O)c(C(=O)N2CCC(C(=O)O)(C(F)(F)F)C2)c1. The van der Waals surface area contributed by atoms with Gasteiger partial charge in [0.1, 0.15) is 5.75 Å². The van der Waals surface area contributed by atoms with Crippen LogP contribution < -0.4 is 4.72 Å². The van der Waals surface area contributed by atoms with Crippen LogP contribution in [0.1, 0.15) is 16.8 Å². The van der Waals surface area contributed by atoms with Gasteiger partial charge in [-0.15, -0.1) is 0 Å². The van der Waals surface area contributed by atoms with E-state index in [1.807, 2.05) is 0 Å². The smallest absolute Gasteiger partial charge is 0.406 e. The van der Waals surface area contributed by atoms with Crippen molar-refractivity contribution in [2.75, 3.05) is 24.1 Å². The molecule has 12 heteroatoms. The van der Waals surface area contributed by atoms with Crippen LogP contribution >= 0.6 is 0 Å². The number of hydrogen-bond donors (Lipinski definition) is 3. The van der Waals surface area contributed by atoms with E-state index >= 15 is 0 Å². The zero-order valence-electron chi connectivity index (χ0n) is 13.4. The number of benzene rings is 1. The standard InChI is InChI=1S/C14H15F3N2O6S/c1-26(24,25)18-8-2-3-10(20)9(6-8)11(21)19-5-4-13(7-19,12(22)23)14(15,16)17/h2-3,6,18,20H,4-5,7H2,1H3,(H,22,23). The molecule has 0 spiro atoms. The van der Waals surface area contributed by atoms with Crippen LogP contribution in [0, 0.1) is 5.41 Å². The molecule has 1 amide bonds. The van der Waals surface area contributed by atoms with Crippen LogP contribution in [0.15, 0.2) is 18.2 Å². The van der Waals surface area contributed by atoms with Gasteiger partial charge in [0.15, 0.2) is 5.41 Å². The highest BCUT2D eigenvalue weighted by atomic mass is 32.2. The van der Waals surface area contributed by atoms with E-state index in [0.29, 0.717) is 4.90 Å². The van der Waals surface area contributed by atoms with Gasteiger partial charge in [-0.05, 0) is 24.6 Å². The van der Waals surface area contributed by atoms with Crippen molar-refractivity contribution in [1.29, 1.82) is 0 Å². The number of rotatable bonds is 4. The molecule has 8 nitrogen and oxygen atoms in total. The van der Waals surface area contributed by atoms with Crippen molar-refractivity contribution in [3.8, 4) is 5.75 Å². The average molecular weight is 396 g/mol. The summed E-state index contributed by atoms with van der Waals surface area (Å²) < 4.78 is 64.1. The molecule has 1 aromatic rings. The summed E-state index contributed by atoms with van der Waals surface area (Å²) in [6.45, 7) is -1.58. The normalized spacial score (nSPS) is 20.8. The molecule has 144 valence electrons. The Morgan fingerprint density at radius 1 is 1.31 bits per heavy atom. The summed E-state index contributed by atoms with van der Waals surface area (Å²) in [6.07, 6.45) is -5.03. The second-order valence-corrected chi connectivity index (χ2v) is 7.72. The quantitative estimate of drug-likeness (QED) is 0.658. The van der Waals surface area contributed by atoms with Crippen molar-refractivity contribution in [3.63, 3.8) is 0 Å². The third kappa shape index (κ3) is 3.69. The van der Waals surface area contributed by atoms with E-state index in [1.165, 1.54) is 0 Å². The summed E-state index contributed by atoms with van der Waals surface area (Å²) in [5, 5.41) is 18.8. The monoisotopic (exact) mass is 396 g/mol. The number of anilines is 1. The van der Waals surface area contributed by atoms with Gasteiger partial charge in [-0.2, -0.15) is 13.2 Å². The molecule has 1 heterocycles. The van der Waals surface area contributed by atoms with Crippen molar-refractivity contribution in [2.24, 2.45) is 5.41 Å². The number of amides is 1. The summed E-state index contributed by atoms with van der Waals surface area (Å²) in [6, 6.07) is 3.13. The number of alkyl halides is 3. The number of carboxylic acid groups (broad SMARTS) is 1.